The maximum atomic E-state index is 13.7. The fourth-order valence-corrected chi connectivity index (χ4v) is 2.41. The largest absolute Gasteiger partial charge is 0.271 e. The van der Waals surface area contributed by atoms with Crippen molar-refractivity contribution in [3.8, 4) is 0 Å². The SMILES string of the molecule is Cc1cc(C)cc(C(Cc2cccc(F)c2F)NN)c1. The van der Waals surface area contributed by atoms with E-state index in [0.29, 0.717) is 12.0 Å². The van der Waals surface area contributed by atoms with Crippen molar-refractivity contribution in [2.45, 2.75) is 26.3 Å². The van der Waals surface area contributed by atoms with Gasteiger partial charge in [0, 0.05) is 0 Å². The number of benzene rings is 2. The minimum Gasteiger partial charge on any atom is -0.271 e. The van der Waals surface area contributed by atoms with Gasteiger partial charge in [-0.2, -0.15) is 0 Å². The molecule has 0 saturated carbocycles. The molecule has 0 spiro atoms. The Hall–Kier alpha value is -1.78. The topological polar surface area (TPSA) is 38.0 Å². The van der Waals surface area contributed by atoms with E-state index in [9.17, 15) is 8.78 Å². The van der Waals surface area contributed by atoms with Gasteiger partial charge in [-0.1, -0.05) is 41.5 Å². The molecule has 3 N–H and O–H groups in total. The van der Waals surface area contributed by atoms with Crippen LogP contribution in [0.25, 0.3) is 0 Å². The lowest BCUT2D eigenvalue weighted by Crippen LogP contribution is -2.30. The molecule has 0 aliphatic carbocycles. The second kappa shape index (κ2) is 6.11. The Morgan fingerprint density at radius 3 is 2.35 bits per heavy atom. The van der Waals surface area contributed by atoms with Gasteiger partial charge in [-0.05, 0) is 37.5 Å². The predicted molar refractivity (Wildman–Crippen MR) is 76.0 cm³/mol. The number of nitrogens with one attached hydrogen (secondary N) is 1. The molecule has 2 aromatic carbocycles. The molecule has 2 rings (SSSR count). The number of hydrazine groups is 1. The van der Waals surface area contributed by atoms with Crippen LogP contribution >= 0.6 is 0 Å². The van der Waals surface area contributed by atoms with E-state index in [1.165, 1.54) is 6.07 Å². The molecule has 106 valence electrons. The van der Waals surface area contributed by atoms with Crippen molar-refractivity contribution in [2.75, 3.05) is 0 Å². The van der Waals surface area contributed by atoms with E-state index in [4.69, 9.17) is 5.84 Å². The predicted octanol–water partition coefficient (Wildman–Crippen LogP) is 3.33. The van der Waals surface area contributed by atoms with Gasteiger partial charge in [0.25, 0.3) is 0 Å². The van der Waals surface area contributed by atoms with Gasteiger partial charge in [-0.15, -0.1) is 0 Å². The van der Waals surface area contributed by atoms with E-state index >= 15 is 0 Å². The zero-order chi connectivity index (χ0) is 14.7. The average Bonchev–Trinajstić information content (AvgIpc) is 2.39. The van der Waals surface area contributed by atoms with E-state index < -0.39 is 11.6 Å². The fourth-order valence-electron chi connectivity index (χ4n) is 2.41. The lowest BCUT2D eigenvalue weighted by Gasteiger charge is -2.18. The quantitative estimate of drug-likeness (QED) is 0.664. The molecule has 0 radical (unpaired) electrons. The second-order valence-electron chi connectivity index (χ2n) is 5.06. The van der Waals surface area contributed by atoms with Crippen LogP contribution in [0, 0.1) is 25.5 Å². The lowest BCUT2D eigenvalue weighted by atomic mass is 9.96. The summed E-state index contributed by atoms with van der Waals surface area (Å²) in [5.74, 6) is 3.93. The molecule has 20 heavy (non-hydrogen) atoms. The Morgan fingerprint density at radius 1 is 1.10 bits per heavy atom. The molecule has 0 bridgehead atoms. The Labute approximate surface area is 117 Å². The van der Waals surface area contributed by atoms with Crippen LogP contribution in [0.15, 0.2) is 36.4 Å². The van der Waals surface area contributed by atoms with Crippen molar-refractivity contribution in [2.24, 2.45) is 5.84 Å². The first-order valence-corrected chi connectivity index (χ1v) is 6.48. The maximum Gasteiger partial charge on any atom is 0.162 e. The Morgan fingerprint density at radius 2 is 1.75 bits per heavy atom. The van der Waals surface area contributed by atoms with Crippen LogP contribution in [0.1, 0.15) is 28.3 Å². The highest BCUT2D eigenvalue weighted by Crippen LogP contribution is 2.22. The molecular formula is C16H18F2N2. The summed E-state index contributed by atoms with van der Waals surface area (Å²) in [6.07, 6.45) is 0.295. The van der Waals surface area contributed by atoms with Gasteiger partial charge in [0.05, 0.1) is 6.04 Å². The zero-order valence-electron chi connectivity index (χ0n) is 11.6. The van der Waals surface area contributed by atoms with Crippen LogP contribution < -0.4 is 11.3 Å². The van der Waals surface area contributed by atoms with Crippen molar-refractivity contribution in [3.05, 3.63) is 70.3 Å². The van der Waals surface area contributed by atoms with Crippen molar-refractivity contribution in [1.29, 1.82) is 0 Å². The summed E-state index contributed by atoms with van der Waals surface area (Å²) in [6, 6.07) is 9.97. The van der Waals surface area contributed by atoms with E-state index in [0.717, 1.165) is 22.8 Å². The third kappa shape index (κ3) is 3.21. The molecule has 2 nitrogen and oxygen atoms in total. The first-order chi connectivity index (χ1) is 9.51. The summed E-state index contributed by atoms with van der Waals surface area (Å²) in [5, 5.41) is 0. The van der Waals surface area contributed by atoms with Gasteiger partial charge in [0.1, 0.15) is 0 Å². The Bertz CT molecular complexity index is 591. The molecule has 0 heterocycles. The van der Waals surface area contributed by atoms with Crippen molar-refractivity contribution < 1.29 is 8.78 Å². The van der Waals surface area contributed by atoms with Gasteiger partial charge in [-0.25, -0.2) is 8.78 Å². The van der Waals surface area contributed by atoms with Crippen LogP contribution in [0.4, 0.5) is 8.78 Å². The van der Waals surface area contributed by atoms with E-state index in [1.807, 2.05) is 26.0 Å². The highest BCUT2D eigenvalue weighted by Gasteiger charge is 2.15. The molecule has 0 saturated heterocycles. The van der Waals surface area contributed by atoms with E-state index in [1.54, 1.807) is 6.07 Å². The standard InChI is InChI=1S/C16H18F2N2/c1-10-6-11(2)8-13(7-10)15(20-19)9-12-4-3-5-14(17)16(12)18/h3-8,15,20H,9,19H2,1-2H3. The highest BCUT2D eigenvalue weighted by atomic mass is 19.2. The van der Waals surface area contributed by atoms with Crippen LogP contribution in [0.2, 0.25) is 0 Å². The first kappa shape index (κ1) is 14.6. The average molecular weight is 276 g/mol. The Kier molecular flexibility index (Phi) is 4.47. The number of halogens is 2. The van der Waals surface area contributed by atoms with E-state index in [2.05, 4.69) is 11.5 Å². The Balaban J connectivity index is 2.31. The lowest BCUT2D eigenvalue weighted by molar-refractivity contribution is 0.481. The van der Waals surface area contributed by atoms with Crippen LogP contribution in [-0.2, 0) is 6.42 Å². The highest BCUT2D eigenvalue weighted by molar-refractivity contribution is 5.32. The minimum atomic E-state index is -0.835. The first-order valence-electron chi connectivity index (χ1n) is 6.48. The van der Waals surface area contributed by atoms with Crippen molar-refractivity contribution in [1.82, 2.24) is 5.43 Å². The van der Waals surface area contributed by atoms with Gasteiger partial charge < -0.3 is 0 Å². The zero-order valence-corrected chi connectivity index (χ0v) is 11.6. The number of hydrogen-bond acceptors (Lipinski definition) is 2. The summed E-state index contributed by atoms with van der Waals surface area (Å²) >= 11 is 0. The van der Waals surface area contributed by atoms with Gasteiger partial charge in [-0.3, -0.25) is 11.3 Å². The molecule has 1 unspecified atom stereocenters. The number of nitrogens with two attached hydrogens (primary N) is 1. The third-order valence-corrected chi connectivity index (χ3v) is 3.30. The summed E-state index contributed by atoms with van der Waals surface area (Å²) in [5.41, 5.74) is 6.18. The molecule has 2 aromatic rings. The molecule has 4 heteroatoms. The maximum absolute atomic E-state index is 13.7. The number of rotatable bonds is 4. The molecule has 0 fully saturated rings. The van der Waals surface area contributed by atoms with Gasteiger partial charge >= 0.3 is 0 Å². The smallest absolute Gasteiger partial charge is 0.162 e. The van der Waals surface area contributed by atoms with Gasteiger partial charge in [0.15, 0.2) is 11.6 Å². The summed E-state index contributed by atoms with van der Waals surface area (Å²) in [6.45, 7) is 3.99. The number of hydrogen-bond donors (Lipinski definition) is 2. The van der Waals surface area contributed by atoms with Gasteiger partial charge in [0.2, 0.25) is 0 Å². The third-order valence-electron chi connectivity index (χ3n) is 3.30. The molecule has 0 aliphatic heterocycles. The van der Waals surface area contributed by atoms with Crippen molar-refractivity contribution >= 4 is 0 Å². The van der Waals surface area contributed by atoms with Crippen molar-refractivity contribution in [3.63, 3.8) is 0 Å². The van der Waals surface area contributed by atoms with Crippen LogP contribution in [0.5, 0.6) is 0 Å². The molecule has 0 amide bonds. The molecule has 0 aliphatic rings. The van der Waals surface area contributed by atoms with Crippen LogP contribution in [-0.4, -0.2) is 0 Å². The summed E-state index contributed by atoms with van der Waals surface area (Å²) < 4.78 is 27.0. The molecule has 0 aromatic heterocycles. The second-order valence-corrected chi connectivity index (χ2v) is 5.06. The minimum absolute atomic E-state index is 0.259. The van der Waals surface area contributed by atoms with E-state index in [-0.39, 0.29) is 6.04 Å². The molecular weight excluding hydrogens is 258 g/mol. The molecule has 1 atom stereocenters. The summed E-state index contributed by atoms with van der Waals surface area (Å²) in [4.78, 5) is 0. The fraction of sp³-hybridized carbons (Fsp3) is 0.250. The monoisotopic (exact) mass is 276 g/mol. The normalized spacial score (nSPS) is 12.4. The van der Waals surface area contributed by atoms with Crippen LogP contribution in [0.3, 0.4) is 0 Å². The summed E-state index contributed by atoms with van der Waals surface area (Å²) in [7, 11) is 0. The number of aryl methyl sites for hydroxylation is 2.